The molecule has 0 atom stereocenters. The topological polar surface area (TPSA) is 66.4 Å². The van der Waals surface area contributed by atoms with Gasteiger partial charge in [-0.25, -0.2) is 13.1 Å². The van der Waals surface area contributed by atoms with E-state index in [0.29, 0.717) is 6.54 Å². The van der Waals surface area contributed by atoms with E-state index in [4.69, 9.17) is 23.2 Å². The zero-order valence-electron chi connectivity index (χ0n) is 11.8. The molecule has 1 aliphatic carbocycles. The van der Waals surface area contributed by atoms with Crippen molar-refractivity contribution in [1.29, 1.82) is 0 Å². The van der Waals surface area contributed by atoms with Crippen LogP contribution in [0.4, 0.5) is 0 Å². The lowest BCUT2D eigenvalue weighted by Gasteiger charge is -2.24. The van der Waals surface area contributed by atoms with Crippen LogP contribution in [0, 0.1) is 5.41 Å². The summed E-state index contributed by atoms with van der Waals surface area (Å²) in [4.78, 5) is -0.0424. The zero-order valence-corrected chi connectivity index (χ0v) is 14.2. The standard InChI is InChI=1S/C14H19Cl2NO3S/c1-14(6-2-3-7-14)9-17-21(19,20)12-5-4-11(15)10(8-18)13(12)16/h4-5,17-18H,2-3,6-9H2,1H3. The molecule has 0 radical (unpaired) electrons. The molecule has 0 unspecified atom stereocenters. The second-order valence-corrected chi connectivity index (χ2v) is 8.36. The molecule has 0 bridgehead atoms. The van der Waals surface area contributed by atoms with Crippen molar-refractivity contribution in [2.24, 2.45) is 5.41 Å². The third kappa shape index (κ3) is 3.71. The summed E-state index contributed by atoms with van der Waals surface area (Å²) >= 11 is 12.0. The van der Waals surface area contributed by atoms with Gasteiger partial charge in [-0.05, 0) is 30.4 Å². The van der Waals surface area contributed by atoms with Gasteiger partial charge in [0.2, 0.25) is 10.0 Å². The Morgan fingerprint density at radius 1 is 1.29 bits per heavy atom. The molecule has 0 heterocycles. The SMILES string of the molecule is CC1(CNS(=O)(=O)c2ccc(Cl)c(CO)c2Cl)CCCC1. The molecule has 1 aliphatic rings. The first-order chi connectivity index (χ1) is 9.79. The largest absolute Gasteiger partial charge is 0.392 e. The number of hydrogen-bond acceptors (Lipinski definition) is 3. The first kappa shape index (κ1) is 17.0. The van der Waals surface area contributed by atoms with Gasteiger partial charge in [0.25, 0.3) is 0 Å². The highest BCUT2D eigenvalue weighted by Crippen LogP contribution is 2.37. The van der Waals surface area contributed by atoms with Crippen LogP contribution in [0.1, 0.15) is 38.2 Å². The predicted molar refractivity (Wildman–Crippen MR) is 84.1 cm³/mol. The van der Waals surface area contributed by atoms with Crippen LogP contribution >= 0.6 is 23.2 Å². The van der Waals surface area contributed by atoms with Crippen LogP contribution in [0.2, 0.25) is 10.0 Å². The van der Waals surface area contributed by atoms with Crippen LogP contribution in [0.15, 0.2) is 17.0 Å². The average molecular weight is 352 g/mol. The van der Waals surface area contributed by atoms with E-state index in [1.807, 2.05) is 0 Å². The van der Waals surface area contributed by atoms with E-state index in [0.717, 1.165) is 25.7 Å². The molecule has 4 nitrogen and oxygen atoms in total. The molecule has 0 amide bonds. The number of benzene rings is 1. The summed E-state index contributed by atoms with van der Waals surface area (Å²) < 4.78 is 27.5. The van der Waals surface area contributed by atoms with Crippen molar-refractivity contribution in [3.8, 4) is 0 Å². The van der Waals surface area contributed by atoms with Crippen LogP contribution in [0.5, 0.6) is 0 Å². The number of hydrogen-bond donors (Lipinski definition) is 2. The lowest BCUT2D eigenvalue weighted by molar-refractivity contribution is 0.281. The molecule has 1 saturated carbocycles. The summed E-state index contributed by atoms with van der Waals surface area (Å²) in [5.41, 5.74) is 0.236. The summed E-state index contributed by atoms with van der Waals surface area (Å²) in [5, 5.41) is 9.48. The highest BCUT2D eigenvalue weighted by Gasteiger charge is 2.31. The molecular formula is C14H19Cl2NO3S. The average Bonchev–Trinajstić information content (AvgIpc) is 2.84. The summed E-state index contributed by atoms with van der Waals surface area (Å²) in [6.07, 6.45) is 4.31. The first-order valence-electron chi connectivity index (χ1n) is 6.86. The number of aliphatic hydroxyl groups excluding tert-OH is 1. The van der Waals surface area contributed by atoms with Crippen LogP contribution in [-0.2, 0) is 16.6 Å². The van der Waals surface area contributed by atoms with Crippen molar-refractivity contribution in [3.05, 3.63) is 27.7 Å². The summed E-state index contributed by atoms with van der Waals surface area (Å²) in [7, 11) is -3.72. The minimum Gasteiger partial charge on any atom is -0.392 e. The Bertz CT molecular complexity index is 625. The van der Waals surface area contributed by atoms with Gasteiger partial charge in [-0.2, -0.15) is 0 Å². The van der Waals surface area contributed by atoms with E-state index in [9.17, 15) is 13.5 Å². The third-order valence-corrected chi connectivity index (χ3v) is 6.44. The van der Waals surface area contributed by atoms with Crippen molar-refractivity contribution in [3.63, 3.8) is 0 Å². The molecule has 1 aromatic carbocycles. The molecule has 7 heteroatoms. The van der Waals surface area contributed by atoms with Crippen LogP contribution < -0.4 is 4.72 Å². The number of rotatable bonds is 5. The molecule has 2 N–H and O–H groups in total. The Balaban J connectivity index is 2.24. The lowest BCUT2D eigenvalue weighted by Crippen LogP contribution is -2.34. The fourth-order valence-corrected chi connectivity index (χ4v) is 4.78. The van der Waals surface area contributed by atoms with Gasteiger partial charge < -0.3 is 5.11 Å². The molecule has 21 heavy (non-hydrogen) atoms. The fourth-order valence-electron chi connectivity index (χ4n) is 2.68. The van der Waals surface area contributed by atoms with E-state index in [1.54, 1.807) is 0 Å². The maximum Gasteiger partial charge on any atom is 0.242 e. The molecular weight excluding hydrogens is 333 g/mol. The monoisotopic (exact) mass is 351 g/mol. The summed E-state index contributed by atoms with van der Waals surface area (Å²) in [6, 6.07) is 2.80. The first-order valence-corrected chi connectivity index (χ1v) is 9.10. The van der Waals surface area contributed by atoms with Gasteiger partial charge in [0.1, 0.15) is 4.90 Å². The molecule has 1 fully saturated rings. The van der Waals surface area contributed by atoms with Crippen molar-refractivity contribution in [2.75, 3.05) is 6.54 Å². The maximum absolute atomic E-state index is 12.4. The summed E-state index contributed by atoms with van der Waals surface area (Å²) in [5.74, 6) is 0. The van der Waals surface area contributed by atoms with Crippen molar-refractivity contribution < 1.29 is 13.5 Å². The maximum atomic E-state index is 12.4. The quantitative estimate of drug-likeness (QED) is 0.854. The number of aliphatic hydroxyl groups is 1. The van der Waals surface area contributed by atoms with Gasteiger partial charge in [-0.1, -0.05) is 43.0 Å². The van der Waals surface area contributed by atoms with E-state index in [-0.39, 0.29) is 25.9 Å². The van der Waals surface area contributed by atoms with E-state index < -0.39 is 16.6 Å². The smallest absolute Gasteiger partial charge is 0.242 e. The normalized spacial score (nSPS) is 18.1. The zero-order chi connectivity index (χ0) is 15.7. The van der Waals surface area contributed by atoms with Gasteiger partial charge in [0, 0.05) is 17.1 Å². The van der Waals surface area contributed by atoms with Gasteiger partial charge in [0.15, 0.2) is 0 Å². The van der Waals surface area contributed by atoms with Gasteiger partial charge in [-0.3, -0.25) is 0 Å². The molecule has 0 aromatic heterocycles. The fraction of sp³-hybridized carbons (Fsp3) is 0.571. The van der Waals surface area contributed by atoms with E-state index >= 15 is 0 Å². The van der Waals surface area contributed by atoms with Gasteiger partial charge >= 0.3 is 0 Å². The highest BCUT2D eigenvalue weighted by atomic mass is 35.5. The van der Waals surface area contributed by atoms with Crippen molar-refractivity contribution >= 4 is 33.2 Å². The van der Waals surface area contributed by atoms with Crippen LogP contribution in [-0.4, -0.2) is 20.1 Å². The number of nitrogens with one attached hydrogen (secondary N) is 1. The number of sulfonamides is 1. The molecule has 0 spiro atoms. The Hall–Kier alpha value is -0.330. The minimum atomic E-state index is -3.72. The van der Waals surface area contributed by atoms with E-state index in [1.165, 1.54) is 12.1 Å². The Morgan fingerprint density at radius 3 is 2.48 bits per heavy atom. The van der Waals surface area contributed by atoms with Gasteiger partial charge in [0.05, 0.1) is 11.6 Å². The second-order valence-electron chi connectivity index (χ2n) is 5.84. The highest BCUT2D eigenvalue weighted by molar-refractivity contribution is 7.89. The minimum absolute atomic E-state index is 0.00573. The predicted octanol–water partition coefficient (Wildman–Crippen LogP) is 3.34. The second kappa shape index (κ2) is 6.42. The molecule has 1 aromatic rings. The lowest BCUT2D eigenvalue weighted by atomic mass is 9.89. The third-order valence-electron chi connectivity index (χ3n) is 4.10. The Kier molecular flexibility index (Phi) is 5.21. The van der Waals surface area contributed by atoms with E-state index in [2.05, 4.69) is 11.6 Å². The van der Waals surface area contributed by atoms with Crippen LogP contribution in [0.25, 0.3) is 0 Å². The molecule has 0 saturated heterocycles. The molecule has 118 valence electrons. The molecule has 0 aliphatic heterocycles. The van der Waals surface area contributed by atoms with Crippen LogP contribution in [0.3, 0.4) is 0 Å². The van der Waals surface area contributed by atoms with Crippen molar-refractivity contribution in [1.82, 2.24) is 4.72 Å². The van der Waals surface area contributed by atoms with Crippen molar-refractivity contribution in [2.45, 2.75) is 44.1 Å². The van der Waals surface area contributed by atoms with Gasteiger partial charge in [-0.15, -0.1) is 0 Å². The Labute approximate surface area is 135 Å². The molecule has 2 rings (SSSR count). The number of halogens is 2. The summed E-state index contributed by atoms with van der Waals surface area (Å²) in [6.45, 7) is 2.08. The Morgan fingerprint density at radius 2 is 1.90 bits per heavy atom.